The molecule has 1 aliphatic carbocycles. The molecule has 2 amide bonds. The lowest BCUT2D eigenvalue weighted by molar-refractivity contribution is -0.137. The van der Waals surface area contributed by atoms with Crippen LogP contribution >= 0.6 is 0 Å². The molecule has 1 aliphatic heterocycles. The lowest BCUT2D eigenvalue weighted by Gasteiger charge is -2.32. The van der Waals surface area contributed by atoms with Gasteiger partial charge in [0.15, 0.2) is 0 Å². The largest absolute Gasteiger partial charge is 0.481 e. The second-order valence-corrected chi connectivity index (χ2v) is 4.99. The Hall–Kier alpha value is -1.26. The highest BCUT2D eigenvalue weighted by molar-refractivity contribution is 5.76. The van der Waals surface area contributed by atoms with Gasteiger partial charge in [0.25, 0.3) is 0 Å². The topological polar surface area (TPSA) is 60.9 Å². The van der Waals surface area contributed by atoms with Gasteiger partial charge >= 0.3 is 12.0 Å². The molecule has 17 heavy (non-hydrogen) atoms. The molecule has 2 fully saturated rings. The second kappa shape index (κ2) is 4.94. The number of amides is 2. The van der Waals surface area contributed by atoms with E-state index in [2.05, 4.69) is 0 Å². The van der Waals surface area contributed by atoms with Crippen molar-refractivity contribution in [3.8, 4) is 0 Å². The summed E-state index contributed by atoms with van der Waals surface area (Å²) in [4.78, 5) is 26.4. The monoisotopic (exact) mass is 240 g/mol. The van der Waals surface area contributed by atoms with Crippen LogP contribution < -0.4 is 0 Å². The summed E-state index contributed by atoms with van der Waals surface area (Å²) in [5.41, 5.74) is 0. The summed E-state index contributed by atoms with van der Waals surface area (Å²) in [6, 6.07) is 0.437. The first kappa shape index (κ1) is 12.2. The average molecular weight is 240 g/mol. The molecule has 0 radical (unpaired) electrons. The van der Waals surface area contributed by atoms with Crippen molar-refractivity contribution < 1.29 is 14.7 Å². The van der Waals surface area contributed by atoms with Gasteiger partial charge in [-0.1, -0.05) is 0 Å². The molecular weight excluding hydrogens is 220 g/mol. The third-order valence-corrected chi connectivity index (χ3v) is 3.90. The van der Waals surface area contributed by atoms with Crippen LogP contribution in [0.15, 0.2) is 0 Å². The van der Waals surface area contributed by atoms with E-state index in [-0.39, 0.29) is 12.5 Å². The maximum absolute atomic E-state index is 12.2. The summed E-state index contributed by atoms with van der Waals surface area (Å²) >= 11 is 0. The van der Waals surface area contributed by atoms with Gasteiger partial charge in [0, 0.05) is 25.7 Å². The maximum Gasteiger partial charge on any atom is 0.320 e. The molecule has 0 aromatic carbocycles. The van der Waals surface area contributed by atoms with E-state index in [1.165, 1.54) is 6.42 Å². The average Bonchev–Trinajstić information content (AvgIpc) is 2.90. The molecule has 1 heterocycles. The third kappa shape index (κ3) is 2.53. The van der Waals surface area contributed by atoms with Gasteiger partial charge in [0.1, 0.15) is 0 Å². The number of urea groups is 1. The van der Waals surface area contributed by atoms with Gasteiger partial charge in [-0.25, -0.2) is 4.79 Å². The third-order valence-electron chi connectivity index (χ3n) is 3.90. The van der Waals surface area contributed by atoms with E-state index in [9.17, 15) is 9.59 Å². The fourth-order valence-corrected chi connectivity index (χ4v) is 2.96. The molecule has 0 spiro atoms. The van der Waals surface area contributed by atoms with Crippen molar-refractivity contribution in [3.05, 3.63) is 0 Å². The van der Waals surface area contributed by atoms with E-state index in [0.717, 1.165) is 19.4 Å². The summed E-state index contributed by atoms with van der Waals surface area (Å²) in [5, 5.41) is 8.66. The molecule has 2 aliphatic rings. The zero-order chi connectivity index (χ0) is 12.4. The van der Waals surface area contributed by atoms with Crippen molar-refractivity contribution in [2.75, 3.05) is 19.6 Å². The van der Waals surface area contributed by atoms with Gasteiger partial charge in [0.2, 0.25) is 0 Å². The molecule has 0 aromatic heterocycles. The zero-order valence-electron chi connectivity index (χ0n) is 10.3. The molecule has 96 valence electrons. The summed E-state index contributed by atoms with van der Waals surface area (Å²) in [7, 11) is 0. The van der Waals surface area contributed by atoms with Gasteiger partial charge in [-0.2, -0.15) is 0 Å². The number of carbonyl (C=O) groups is 2. The molecule has 2 unspecified atom stereocenters. The predicted octanol–water partition coefficient (Wildman–Crippen LogP) is 1.39. The number of fused-ring (bicyclic) bond motifs is 2. The van der Waals surface area contributed by atoms with Crippen LogP contribution in [0.3, 0.4) is 0 Å². The zero-order valence-corrected chi connectivity index (χ0v) is 10.3. The fourth-order valence-electron chi connectivity index (χ4n) is 2.96. The Labute approximate surface area is 101 Å². The number of piperidine rings is 1. The highest BCUT2D eigenvalue weighted by atomic mass is 16.4. The van der Waals surface area contributed by atoms with Gasteiger partial charge in [-0.15, -0.1) is 0 Å². The highest BCUT2D eigenvalue weighted by Crippen LogP contribution is 2.37. The SMILES string of the molecule is CCN(CCC(=O)O)C(=O)N1CC2CCC1C2. The lowest BCUT2D eigenvalue weighted by Crippen LogP contribution is -2.47. The van der Waals surface area contributed by atoms with Gasteiger partial charge in [-0.05, 0) is 32.1 Å². The van der Waals surface area contributed by atoms with Crippen LogP contribution in [0.25, 0.3) is 0 Å². The van der Waals surface area contributed by atoms with Crippen molar-refractivity contribution in [1.82, 2.24) is 9.80 Å². The van der Waals surface area contributed by atoms with E-state index >= 15 is 0 Å². The number of hydrogen-bond donors (Lipinski definition) is 1. The minimum Gasteiger partial charge on any atom is -0.481 e. The first-order chi connectivity index (χ1) is 8.11. The molecule has 1 saturated carbocycles. The van der Waals surface area contributed by atoms with E-state index in [4.69, 9.17) is 5.11 Å². The minimum absolute atomic E-state index is 0.0287. The Morgan fingerprint density at radius 1 is 1.41 bits per heavy atom. The molecule has 1 saturated heterocycles. The molecule has 1 N–H and O–H groups in total. The Morgan fingerprint density at radius 3 is 2.65 bits per heavy atom. The van der Waals surface area contributed by atoms with Crippen LogP contribution in [0.1, 0.15) is 32.6 Å². The molecule has 2 bridgehead atoms. The van der Waals surface area contributed by atoms with Gasteiger partial charge < -0.3 is 14.9 Å². The van der Waals surface area contributed by atoms with Crippen LogP contribution in [-0.2, 0) is 4.79 Å². The fraction of sp³-hybridized carbons (Fsp3) is 0.833. The molecule has 2 rings (SSSR count). The summed E-state index contributed by atoms with van der Waals surface area (Å²) < 4.78 is 0. The second-order valence-electron chi connectivity index (χ2n) is 4.99. The molecule has 5 nitrogen and oxygen atoms in total. The van der Waals surface area contributed by atoms with Crippen molar-refractivity contribution in [2.45, 2.75) is 38.6 Å². The molecule has 0 aromatic rings. The van der Waals surface area contributed by atoms with Crippen molar-refractivity contribution in [3.63, 3.8) is 0 Å². The van der Waals surface area contributed by atoms with Crippen LogP contribution in [0.4, 0.5) is 4.79 Å². The first-order valence-corrected chi connectivity index (χ1v) is 6.39. The number of carbonyl (C=O) groups excluding carboxylic acids is 1. The standard InChI is InChI=1S/C12H20N2O3/c1-2-13(6-5-11(15)16)12(17)14-8-9-3-4-10(14)7-9/h9-10H,2-8H2,1H3,(H,15,16). The van der Waals surface area contributed by atoms with Gasteiger partial charge in [0.05, 0.1) is 6.42 Å². The van der Waals surface area contributed by atoms with Crippen molar-refractivity contribution >= 4 is 12.0 Å². The number of aliphatic carboxylic acids is 1. The predicted molar refractivity (Wildman–Crippen MR) is 62.7 cm³/mol. The summed E-state index contributed by atoms with van der Waals surface area (Å²) in [5.74, 6) is -0.165. The van der Waals surface area contributed by atoms with E-state index in [1.54, 1.807) is 4.90 Å². The smallest absolute Gasteiger partial charge is 0.320 e. The number of likely N-dealkylation sites (tertiary alicyclic amines) is 1. The van der Waals surface area contributed by atoms with Crippen LogP contribution in [0.5, 0.6) is 0 Å². The van der Waals surface area contributed by atoms with E-state index < -0.39 is 5.97 Å². The van der Waals surface area contributed by atoms with Crippen LogP contribution in [0, 0.1) is 5.92 Å². The number of rotatable bonds is 4. The minimum atomic E-state index is -0.848. The lowest BCUT2D eigenvalue weighted by atomic mass is 10.1. The van der Waals surface area contributed by atoms with Crippen molar-refractivity contribution in [2.24, 2.45) is 5.92 Å². The Kier molecular flexibility index (Phi) is 3.54. The van der Waals surface area contributed by atoms with Gasteiger partial charge in [-0.3, -0.25) is 4.79 Å². The quantitative estimate of drug-likeness (QED) is 0.807. The Morgan fingerprint density at radius 2 is 2.18 bits per heavy atom. The number of carboxylic acid groups (broad SMARTS) is 1. The molecule has 5 heteroatoms. The van der Waals surface area contributed by atoms with Crippen molar-refractivity contribution in [1.29, 1.82) is 0 Å². The molecule has 2 atom stereocenters. The summed E-state index contributed by atoms with van der Waals surface area (Å²) in [6.07, 6.45) is 3.53. The number of hydrogen-bond acceptors (Lipinski definition) is 2. The Bertz CT molecular complexity index is 319. The van der Waals surface area contributed by atoms with E-state index in [0.29, 0.717) is 25.0 Å². The van der Waals surface area contributed by atoms with Crippen LogP contribution in [0.2, 0.25) is 0 Å². The number of nitrogens with zero attached hydrogens (tertiary/aromatic N) is 2. The van der Waals surface area contributed by atoms with Crippen LogP contribution in [-0.4, -0.2) is 52.6 Å². The molecular formula is C12H20N2O3. The summed E-state index contributed by atoms with van der Waals surface area (Å²) in [6.45, 7) is 3.67. The highest BCUT2D eigenvalue weighted by Gasteiger charge is 2.41. The first-order valence-electron chi connectivity index (χ1n) is 6.39. The Balaban J connectivity index is 1.90. The maximum atomic E-state index is 12.2. The van der Waals surface area contributed by atoms with E-state index in [1.807, 2.05) is 11.8 Å². The number of carboxylic acids is 1. The normalized spacial score (nSPS) is 26.3.